The van der Waals surface area contributed by atoms with Crippen LogP contribution < -0.4 is 5.32 Å². The van der Waals surface area contributed by atoms with Crippen LogP contribution >= 0.6 is 0 Å². The van der Waals surface area contributed by atoms with E-state index in [-0.39, 0.29) is 11.3 Å². The van der Waals surface area contributed by atoms with E-state index in [0.717, 1.165) is 29.7 Å². The highest BCUT2D eigenvalue weighted by atomic mass is 32.2. The molecule has 2 rings (SSSR count). The van der Waals surface area contributed by atoms with Gasteiger partial charge in [-0.3, -0.25) is 0 Å². The fourth-order valence-electron chi connectivity index (χ4n) is 3.08. The number of sulfone groups is 1. The first-order valence-corrected chi connectivity index (χ1v) is 8.57. The molecule has 1 aliphatic heterocycles. The minimum atomic E-state index is -3.19. The van der Waals surface area contributed by atoms with Crippen LogP contribution in [0.2, 0.25) is 0 Å². The molecule has 0 bridgehead atoms. The number of hydrogen-bond donors (Lipinski definition) is 1. The summed E-state index contributed by atoms with van der Waals surface area (Å²) in [5.41, 5.74) is 2.95. The minimum Gasteiger partial charge on any atom is -0.309 e. The molecular formula is C15H23NO2S. The van der Waals surface area contributed by atoms with Gasteiger partial charge in [-0.05, 0) is 49.9 Å². The molecule has 1 heterocycles. The van der Waals surface area contributed by atoms with Crippen molar-refractivity contribution >= 4 is 9.84 Å². The zero-order chi connectivity index (χ0) is 14.2. The van der Waals surface area contributed by atoms with E-state index in [0.29, 0.717) is 11.3 Å². The van der Waals surface area contributed by atoms with Crippen LogP contribution in [0.15, 0.2) is 17.0 Å². The van der Waals surface area contributed by atoms with Gasteiger partial charge < -0.3 is 5.32 Å². The Labute approximate surface area is 116 Å². The second-order valence-corrected chi connectivity index (χ2v) is 7.47. The summed E-state index contributed by atoms with van der Waals surface area (Å²) in [5, 5.41) is 3.11. The topological polar surface area (TPSA) is 46.2 Å². The monoisotopic (exact) mass is 281 g/mol. The molecule has 0 spiro atoms. The van der Waals surface area contributed by atoms with Crippen molar-refractivity contribution in [1.29, 1.82) is 0 Å². The van der Waals surface area contributed by atoms with Gasteiger partial charge in [0, 0.05) is 0 Å². The molecule has 0 saturated heterocycles. The summed E-state index contributed by atoms with van der Waals surface area (Å²) in [6.07, 6.45) is 1.66. The van der Waals surface area contributed by atoms with Crippen LogP contribution in [-0.2, 0) is 9.84 Å². The quantitative estimate of drug-likeness (QED) is 0.923. The van der Waals surface area contributed by atoms with Gasteiger partial charge in [0.15, 0.2) is 9.84 Å². The summed E-state index contributed by atoms with van der Waals surface area (Å²) in [5.74, 6) is 0. The summed E-state index contributed by atoms with van der Waals surface area (Å²) in [7, 11) is -3.19. The van der Waals surface area contributed by atoms with Crippen LogP contribution in [0.4, 0.5) is 0 Å². The summed E-state index contributed by atoms with van der Waals surface area (Å²) in [6.45, 7) is 8.81. The lowest BCUT2D eigenvalue weighted by atomic mass is 9.96. The lowest BCUT2D eigenvalue weighted by molar-refractivity contribution is 0.491. The minimum absolute atomic E-state index is 0.0511. The van der Waals surface area contributed by atoms with Gasteiger partial charge in [0.1, 0.15) is 0 Å². The Bertz CT molecular complexity index is 578. The van der Waals surface area contributed by atoms with Crippen molar-refractivity contribution in [3.8, 4) is 0 Å². The molecule has 19 heavy (non-hydrogen) atoms. The van der Waals surface area contributed by atoms with Gasteiger partial charge in [-0.1, -0.05) is 26.0 Å². The predicted octanol–water partition coefficient (Wildman–Crippen LogP) is 2.91. The molecule has 0 radical (unpaired) electrons. The zero-order valence-electron chi connectivity index (χ0n) is 12.2. The number of nitrogens with one attached hydrogen (secondary N) is 1. The van der Waals surface area contributed by atoms with Gasteiger partial charge in [-0.25, -0.2) is 8.42 Å². The lowest BCUT2D eigenvalue weighted by Gasteiger charge is -2.20. The highest BCUT2D eigenvalue weighted by Gasteiger charge is 2.45. The van der Waals surface area contributed by atoms with Crippen LogP contribution in [0, 0.1) is 13.8 Å². The zero-order valence-corrected chi connectivity index (χ0v) is 13.0. The molecule has 1 aliphatic rings. The van der Waals surface area contributed by atoms with Crippen molar-refractivity contribution in [1.82, 2.24) is 5.32 Å². The first-order valence-electron chi connectivity index (χ1n) is 7.02. The van der Waals surface area contributed by atoms with Crippen molar-refractivity contribution in [3.63, 3.8) is 0 Å². The number of fused-ring (bicyclic) bond motifs is 1. The third kappa shape index (κ3) is 2.21. The highest BCUT2D eigenvalue weighted by molar-refractivity contribution is 7.92. The summed E-state index contributed by atoms with van der Waals surface area (Å²) in [4.78, 5) is 0.577. The van der Waals surface area contributed by atoms with Crippen LogP contribution in [0.25, 0.3) is 0 Å². The van der Waals surface area contributed by atoms with E-state index in [1.165, 1.54) is 0 Å². The van der Waals surface area contributed by atoms with Crippen LogP contribution in [0.1, 0.15) is 49.4 Å². The predicted molar refractivity (Wildman–Crippen MR) is 78.2 cm³/mol. The van der Waals surface area contributed by atoms with Crippen LogP contribution in [0.5, 0.6) is 0 Å². The fourth-order valence-corrected chi connectivity index (χ4v) is 5.52. The van der Waals surface area contributed by atoms with E-state index in [1.807, 2.05) is 32.9 Å². The Morgan fingerprint density at radius 3 is 2.37 bits per heavy atom. The van der Waals surface area contributed by atoms with Crippen LogP contribution in [0.3, 0.4) is 0 Å². The Morgan fingerprint density at radius 1 is 1.16 bits per heavy atom. The second-order valence-electron chi connectivity index (χ2n) is 5.37. The smallest absolute Gasteiger partial charge is 0.183 e. The van der Waals surface area contributed by atoms with Crippen LogP contribution in [-0.4, -0.2) is 20.2 Å². The van der Waals surface area contributed by atoms with Gasteiger partial charge in [-0.15, -0.1) is 0 Å². The van der Waals surface area contributed by atoms with Gasteiger partial charge in [-0.2, -0.15) is 0 Å². The lowest BCUT2D eigenvalue weighted by Crippen LogP contribution is -2.32. The molecule has 4 heteroatoms. The number of rotatable bonds is 4. The Balaban J connectivity index is 2.63. The van der Waals surface area contributed by atoms with Gasteiger partial charge >= 0.3 is 0 Å². The molecule has 0 aromatic heterocycles. The highest BCUT2D eigenvalue weighted by Crippen LogP contribution is 2.43. The molecule has 3 nitrogen and oxygen atoms in total. The maximum atomic E-state index is 12.7. The molecule has 106 valence electrons. The van der Waals surface area contributed by atoms with Gasteiger partial charge in [0.05, 0.1) is 16.2 Å². The fraction of sp³-hybridized carbons (Fsp3) is 0.600. The normalized spacial score (nSPS) is 24.4. The van der Waals surface area contributed by atoms with E-state index < -0.39 is 9.84 Å². The molecule has 1 aromatic carbocycles. The van der Waals surface area contributed by atoms with Crippen molar-refractivity contribution in [2.45, 2.75) is 56.7 Å². The van der Waals surface area contributed by atoms with E-state index in [1.54, 1.807) is 0 Å². The first-order chi connectivity index (χ1) is 8.95. The number of aryl methyl sites for hydroxylation is 2. The molecular weight excluding hydrogens is 258 g/mol. The third-order valence-corrected chi connectivity index (χ3v) is 6.51. The SMILES string of the molecule is CCCNC1c2c(C)ccc(C)c2S(=O)(=O)C1CC. The summed E-state index contributed by atoms with van der Waals surface area (Å²) in [6, 6.07) is 3.90. The molecule has 1 aromatic rings. The molecule has 0 saturated carbocycles. The number of hydrogen-bond acceptors (Lipinski definition) is 3. The van der Waals surface area contributed by atoms with E-state index in [2.05, 4.69) is 12.2 Å². The van der Waals surface area contributed by atoms with Crippen molar-refractivity contribution in [2.24, 2.45) is 0 Å². The van der Waals surface area contributed by atoms with Gasteiger partial charge in [0.2, 0.25) is 0 Å². The molecule has 0 amide bonds. The van der Waals surface area contributed by atoms with E-state index in [4.69, 9.17) is 0 Å². The van der Waals surface area contributed by atoms with Crippen molar-refractivity contribution in [2.75, 3.05) is 6.54 Å². The maximum Gasteiger partial charge on any atom is 0.183 e. The third-order valence-electron chi connectivity index (χ3n) is 3.99. The average molecular weight is 281 g/mol. The van der Waals surface area contributed by atoms with Crippen molar-refractivity contribution < 1.29 is 8.42 Å². The molecule has 1 N–H and O–H groups in total. The molecule has 2 unspecified atom stereocenters. The Morgan fingerprint density at radius 2 is 1.79 bits per heavy atom. The largest absolute Gasteiger partial charge is 0.309 e. The maximum absolute atomic E-state index is 12.7. The molecule has 0 aliphatic carbocycles. The Kier molecular flexibility index (Phi) is 4.02. The van der Waals surface area contributed by atoms with E-state index in [9.17, 15) is 8.42 Å². The molecule has 2 atom stereocenters. The van der Waals surface area contributed by atoms with Gasteiger partial charge in [0.25, 0.3) is 0 Å². The second kappa shape index (κ2) is 5.25. The Hall–Kier alpha value is -0.870. The molecule has 0 fully saturated rings. The van der Waals surface area contributed by atoms with E-state index >= 15 is 0 Å². The average Bonchev–Trinajstić information content (AvgIpc) is 2.59. The number of benzene rings is 1. The summed E-state index contributed by atoms with van der Waals surface area (Å²) < 4.78 is 25.4. The standard InChI is InChI=1S/C15H23NO2S/c1-5-9-16-14-12(6-2)19(17,18)15-11(4)8-7-10(3)13(14)15/h7-8,12,14,16H,5-6,9H2,1-4H3. The first kappa shape index (κ1) is 14.5. The van der Waals surface area contributed by atoms with Crippen molar-refractivity contribution in [3.05, 3.63) is 28.8 Å². The summed E-state index contributed by atoms with van der Waals surface area (Å²) >= 11 is 0.